The summed E-state index contributed by atoms with van der Waals surface area (Å²) in [5.74, 6) is -1.14. The molecule has 2 rings (SSSR count). The molecule has 1 aliphatic rings. The van der Waals surface area contributed by atoms with Gasteiger partial charge in [-0.25, -0.2) is 4.39 Å². The Morgan fingerprint density at radius 3 is 2.38 bits per heavy atom. The highest BCUT2D eigenvalue weighted by molar-refractivity contribution is 9.10. The van der Waals surface area contributed by atoms with Gasteiger partial charge >= 0.3 is 6.18 Å². The lowest BCUT2D eigenvalue weighted by molar-refractivity contribution is -0.148. The largest absolute Gasteiger partial charge is 0.401 e. The molecular weight excluding hydrogens is 356 g/mol. The van der Waals surface area contributed by atoms with E-state index in [4.69, 9.17) is 0 Å². The van der Waals surface area contributed by atoms with Gasteiger partial charge in [0.15, 0.2) is 0 Å². The molecule has 0 aliphatic carbocycles. The summed E-state index contributed by atoms with van der Waals surface area (Å²) in [6.45, 7) is -0.427. The summed E-state index contributed by atoms with van der Waals surface area (Å²) in [5, 5.41) is 0. The summed E-state index contributed by atoms with van der Waals surface area (Å²) < 4.78 is 51.1. The molecule has 1 fully saturated rings. The molecule has 0 unspecified atom stereocenters. The Morgan fingerprint density at radius 2 is 1.81 bits per heavy atom. The average molecular weight is 369 g/mol. The minimum Gasteiger partial charge on any atom is -0.336 e. The molecule has 0 aromatic heterocycles. The number of carbonyl (C=O) groups excluding carboxylic acids is 1. The van der Waals surface area contributed by atoms with Crippen molar-refractivity contribution in [3.05, 3.63) is 34.1 Å². The van der Waals surface area contributed by atoms with Gasteiger partial charge in [0.05, 0.1) is 12.1 Å². The van der Waals surface area contributed by atoms with Crippen LogP contribution in [0, 0.1) is 5.82 Å². The van der Waals surface area contributed by atoms with E-state index >= 15 is 0 Å². The molecule has 1 aliphatic heterocycles. The van der Waals surface area contributed by atoms with Gasteiger partial charge in [-0.3, -0.25) is 9.69 Å². The monoisotopic (exact) mass is 368 g/mol. The number of piperazine rings is 1. The molecule has 1 saturated heterocycles. The van der Waals surface area contributed by atoms with E-state index in [0.717, 1.165) is 0 Å². The van der Waals surface area contributed by atoms with E-state index in [0.29, 0.717) is 4.47 Å². The summed E-state index contributed by atoms with van der Waals surface area (Å²) in [6, 6.07) is 4.03. The average Bonchev–Trinajstić information content (AvgIpc) is 2.40. The maximum absolute atomic E-state index is 13.6. The number of rotatable bonds is 2. The van der Waals surface area contributed by atoms with E-state index < -0.39 is 24.4 Å². The number of nitrogens with zero attached hydrogens (tertiary/aromatic N) is 2. The summed E-state index contributed by atoms with van der Waals surface area (Å²) in [5.41, 5.74) is -0.0753. The molecule has 0 N–H and O–H groups in total. The van der Waals surface area contributed by atoms with Crippen LogP contribution in [0.5, 0.6) is 0 Å². The fourth-order valence-corrected chi connectivity index (χ4v) is 2.56. The molecule has 116 valence electrons. The first-order valence-electron chi connectivity index (χ1n) is 6.30. The highest BCUT2D eigenvalue weighted by atomic mass is 79.9. The van der Waals surface area contributed by atoms with Crippen molar-refractivity contribution in [1.82, 2.24) is 9.80 Å². The molecule has 1 heterocycles. The van der Waals surface area contributed by atoms with Gasteiger partial charge in [0, 0.05) is 30.7 Å². The van der Waals surface area contributed by atoms with E-state index in [2.05, 4.69) is 15.9 Å². The molecule has 0 atom stereocenters. The van der Waals surface area contributed by atoms with Crippen molar-refractivity contribution in [1.29, 1.82) is 0 Å². The van der Waals surface area contributed by atoms with Gasteiger partial charge in [-0.05, 0) is 18.2 Å². The number of hydrogen-bond donors (Lipinski definition) is 0. The molecular formula is C13H13BrF4N2O. The summed E-state index contributed by atoms with van der Waals surface area (Å²) >= 11 is 3.16. The minimum absolute atomic E-state index is 0.0753. The zero-order chi connectivity index (χ0) is 15.6. The van der Waals surface area contributed by atoms with Crippen molar-refractivity contribution in [3.63, 3.8) is 0 Å². The number of alkyl halides is 3. The van der Waals surface area contributed by atoms with Crippen LogP contribution < -0.4 is 0 Å². The Morgan fingerprint density at radius 1 is 1.19 bits per heavy atom. The van der Waals surface area contributed by atoms with Gasteiger partial charge < -0.3 is 4.90 Å². The molecule has 0 saturated carbocycles. The van der Waals surface area contributed by atoms with Crippen molar-refractivity contribution < 1.29 is 22.4 Å². The zero-order valence-electron chi connectivity index (χ0n) is 11.0. The van der Waals surface area contributed by atoms with Crippen LogP contribution in [0.25, 0.3) is 0 Å². The van der Waals surface area contributed by atoms with Gasteiger partial charge in [-0.1, -0.05) is 15.9 Å². The molecule has 1 aromatic carbocycles. The first-order valence-corrected chi connectivity index (χ1v) is 7.09. The Hall–Kier alpha value is -1.15. The fraction of sp³-hybridized carbons (Fsp3) is 0.462. The van der Waals surface area contributed by atoms with Crippen LogP contribution in [0.1, 0.15) is 10.4 Å². The van der Waals surface area contributed by atoms with E-state index in [1.54, 1.807) is 0 Å². The lowest BCUT2D eigenvalue weighted by Gasteiger charge is -2.35. The molecule has 21 heavy (non-hydrogen) atoms. The van der Waals surface area contributed by atoms with E-state index in [9.17, 15) is 22.4 Å². The van der Waals surface area contributed by atoms with Gasteiger partial charge in [-0.2, -0.15) is 13.2 Å². The van der Waals surface area contributed by atoms with Gasteiger partial charge in [-0.15, -0.1) is 0 Å². The summed E-state index contributed by atoms with van der Waals surface area (Å²) in [7, 11) is 0. The maximum Gasteiger partial charge on any atom is 0.401 e. The lowest BCUT2D eigenvalue weighted by atomic mass is 10.1. The maximum atomic E-state index is 13.6. The Labute approximate surface area is 127 Å². The molecule has 1 amide bonds. The standard InChI is InChI=1S/C13H13BrF4N2O/c14-9-1-2-11(15)10(7-9)12(21)20-5-3-19(4-6-20)8-13(16,17)18/h1-2,7H,3-6,8H2. The number of halogens is 5. The first-order chi connectivity index (χ1) is 9.76. The molecule has 8 heteroatoms. The van der Waals surface area contributed by atoms with Crippen LogP contribution in [0.2, 0.25) is 0 Å². The fourth-order valence-electron chi connectivity index (χ4n) is 2.19. The third-order valence-electron chi connectivity index (χ3n) is 3.22. The van der Waals surface area contributed by atoms with Crippen molar-refractivity contribution in [2.45, 2.75) is 6.18 Å². The predicted octanol–water partition coefficient (Wildman–Crippen LogP) is 2.91. The topological polar surface area (TPSA) is 23.6 Å². The minimum atomic E-state index is -4.25. The Balaban J connectivity index is 1.99. The number of benzene rings is 1. The molecule has 1 aromatic rings. The number of amides is 1. The van der Waals surface area contributed by atoms with Crippen LogP contribution in [-0.4, -0.2) is 54.6 Å². The second kappa shape index (κ2) is 6.31. The second-order valence-corrected chi connectivity index (χ2v) is 5.72. The van der Waals surface area contributed by atoms with E-state index in [-0.39, 0.29) is 31.7 Å². The van der Waals surface area contributed by atoms with E-state index in [1.807, 2.05) is 0 Å². The first kappa shape index (κ1) is 16.2. The van der Waals surface area contributed by atoms with Crippen molar-refractivity contribution in [2.75, 3.05) is 32.7 Å². The van der Waals surface area contributed by atoms with Crippen LogP contribution >= 0.6 is 15.9 Å². The van der Waals surface area contributed by atoms with E-state index in [1.165, 1.54) is 28.0 Å². The van der Waals surface area contributed by atoms with Gasteiger partial charge in [0.25, 0.3) is 5.91 Å². The van der Waals surface area contributed by atoms with Crippen LogP contribution in [0.3, 0.4) is 0 Å². The predicted molar refractivity (Wildman–Crippen MR) is 72.5 cm³/mol. The van der Waals surface area contributed by atoms with Crippen molar-refractivity contribution in [2.24, 2.45) is 0 Å². The molecule has 3 nitrogen and oxygen atoms in total. The Kier molecular flexibility index (Phi) is 4.88. The van der Waals surface area contributed by atoms with Crippen LogP contribution in [0.15, 0.2) is 22.7 Å². The van der Waals surface area contributed by atoms with Gasteiger partial charge in [0.1, 0.15) is 5.82 Å². The zero-order valence-corrected chi connectivity index (χ0v) is 12.5. The quantitative estimate of drug-likeness (QED) is 0.749. The molecule has 0 bridgehead atoms. The molecule has 0 radical (unpaired) electrons. The van der Waals surface area contributed by atoms with Crippen LogP contribution in [-0.2, 0) is 0 Å². The highest BCUT2D eigenvalue weighted by Gasteiger charge is 2.33. The lowest BCUT2D eigenvalue weighted by Crippen LogP contribution is -2.51. The van der Waals surface area contributed by atoms with Crippen molar-refractivity contribution in [3.8, 4) is 0 Å². The normalized spacial score (nSPS) is 17.1. The second-order valence-electron chi connectivity index (χ2n) is 4.81. The van der Waals surface area contributed by atoms with Crippen molar-refractivity contribution >= 4 is 21.8 Å². The molecule has 0 spiro atoms. The van der Waals surface area contributed by atoms with Gasteiger partial charge in [0.2, 0.25) is 0 Å². The smallest absolute Gasteiger partial charge is 0.336 e. The SMILES string of the molecule is O=C(c1cc(Br)ccc1F)N1CCN(CC(F)(F)F)CC1. The third-order valence-corrected chi connectivity index (χ3v) is 3.71. The number of hydrogen-bond acceptors (Lipinski definition) is 2. The number of carbonyl (C=O) groups is 1. The summed E-state index contributed by atoms with van der Waals surface area (Å²) in [4.78, 5) is 14.8. The van der Waals surface area contributed by atoms with Crippen LogP contribution in [0.4, 0.5) is 17.6 Å². The highest BCUT2D eigenvalue weighted by Crippen LogP contribution is 2.20. The Bertz CT molecular complexity index is 527. The third kappa shape index (κ3) is 4.41. The summed E-state index contributed by atoms with van der Waals surface area (Å²) in [6.07, 6.45) is -4.25.